The maximum Gasteiger partial charge on any atom is 0.164 e. The average Bonchev–Trinajstić information content (AvgIpc) is 3.86. The van der Waals surface area contributed by atoms with Gasteiger partial charge in [0, 0.05) is 53.0 Å². The van der Waals surface area contributed by atoms with Crippen molar-refractivity contribution in [2.75, 3.05) is 0 Å². The van der Waals surface area contributed by atoms with Crippen molar-refractivity contribution in [2.24, 2.45) is 0 Å². The maximum atomic E-state index is 5.28. The number of fused-ring (bicyclic) bond motifs is 8. The monoisotopic (exact) mass is 816 g/mol. The summed E-state index contributed by atoms with van der Waals surface area (Å²) in [7, 11) is 0. The van der Waals surface area contributed by atoms with E-state index < -0.39 is 0 Å². The average molecular weight is 817 g/mol. The Morgan fingerprint density at radius 2 is 1.00 bits per heavy atom. The van der Waals surface area contributed by atoms with Gasteiger partial charge in [0.2, 0.25) is 0 Å². The van der Waals surface area contributed by atoms with Crippen LogP contribution in [0, 0.1) is 0 Å². The van der Waals surface area contributed by atoms with Gasteiger partial charge in [0.25, 0.3) is 0 Å². The van der Waals surface area contributed by atoms with Gasteiger partial charge in [0.15, 0.2) is 17.5 Å². The lowest BCUT2D eigenvalue weighted by molar-refractivity contribution is 0.332. The number of nitrogens with zero attached hydrogens (tertiary/aromatic N) is 4. The van der Waals surface area contributed by atoms with Crippen molar-refractivity contribution in [1.29, 1.82) is 0 Å². The molecular formula is C57H44N4S. The lowest BCUT2D eigenvalue weighted by Gasteiger charge is -2.42. The van der Waals surface area contributed by atoms with E-state index in [1.54, 1.807) is 0 Å². The van der Waals surface area contributed by atoms with Crippen molar-refractivity contribution in [3.8, 4) is 51.0 Å². The summed E-state index contributed by atoms with van der Waals surface area (Å²) in [4.78, 5) is 15.6. The van der Waals surface area contributed by atoms with Crippen LogP contribution in [0.25, 0.3) is 104 Å². The van der Waals surface area contributed by atoms with Crippen LogP contribution < -0.4 is 0 Å². The quantitative estimate of drug-likeness (QED) is 0.174. The third-order valence-corrected chi connectivity index (χ3v) is 14.7. The van der Waals surface area contributed by atoms with Gasteiger partial charge in [-0.1, -0.05) is 155 Å². The van der Waals surface area contributed by atoms with E-state index in [1.807, 2.05) is 29.5 Å². The fourth-order valence-corrected chi connectivity index (χ4v) is 11.3. The van der Waals surface area contributed by atoms with Gasteiger partial charge in [0.1, 0.15) is 0 Å². The number of thiophene rings is 1. The molecule has 0 radical (unpaired) electrons. The Labute approximate surface area is 365 Å². The molecule has 11 aromatic rings. The largest absolute Gasteiger partial charge is 0.309 e. The van der Waals surface area contributed by atoms with Crippen LogP contribution in [0.2, 0.25) is 0 Å². The first-order valence-corrected chi connectivity index (χ1v) is 22.5. The van der Waals surface area contributed by atoms with E-state index in [2.05, 4.69) is 184 Å². The summed E-state index contributed by atoms with van der Waals surface area (Å²) < 4.78 is 5.09. The summed E-state index contributed by atoms with van der Waals surface area (Å²) in [5.41, 5.74) is 12.0. The first-order valence-electron chi connectivity index (χ1n) is 21.7. The predicted molar refractivity (Wildman–Crippen MR) is 262 cm³/mol. The summed E-state index contributed by atoms with van der Waals surface area (Å²) in [5.74, 6) is 1.94. The topological polar surface area (TPSA) is 43.6 Å². The molecule has 298 valence electrons. The van der Waals surface area contributed by atoms with E-state index in [9.17, 15) is 0 Å². The molecule has 3 heterocycles. The molecule has 0 saturated heterocycles. The lowest BCUT2D eigenvalue weighted by Crippen LogP contribution is -2.33. The molecule has 0 fully saturated rings. The molecule has 0 amide bonds. The van der Waals surface area contributed by atoms with Crippen LogP contribution in [0.15, 0.2) is 170 Å². The molecule has 3 aromatic heterocycles. The highest BCUT2D eigenvalue weighted by Gasteiger charge is 2.38. The number of aromatic nitrogens is 4. The molecule has 0 spiro atoms. The second-order valence-corrected chi connectivity index (χ2v) is 19.3. The van der Waals surface area contributed by atoms with Gasteiger partial charge >= 0.3 is 0 Å². The van der Waals surface area contributed by atoms with E-state index >= 15 is 0 Å². The highest BCUT2D eigenvalue weighted by atomic mass is 32.1. The number of rotatable bonds is 5. The van der Waals surface area contributed by atoms with Crippen molar-refractivity contribution in [3.63, 3.8) is 0 Å². The van der Waals surface area contributed by atoms with Crippen LogP contribution in [0.3, 0.4) is 0 Å². The van der Waals surface area contributed by atoms with Crippen molar-refractivity contribution in [2.45, 2.75) is 51.4 Å². The Balaban J connectivity index is 1.03. The SMILES string of the molecule is CC1(C)CCC(C)(C)c2cc3c(cc21)c1ccccc1n3-c1ccc(-c2nc(-c3ccccc3)nc(-c3ccc(-c4cccc5sc6ccccc6c45)cc3)n2)c2ccccc12. The van der Waals surface area contributed by atoms with Crippen LogP contribution in [-0.2, 0) is 10.8 Å². The molecule has 12 rings (SSSR count). The standard InChI is InChI=1S/C57H44N4S/c1-56(2)31-32-57(3,4)46-34-49-44(33-45(46)56)41-19-10-12-22-47(41)61(49)48-30-29-42(39-17-8-9-18-40(39)48)55-59-53(36-15-6-5-7-16-36)58-54(60-55)37-27-25-35(26-28-37)38-21-14-24-51-52(38)43-20-11-13-23-50(43)62-51/h5-30,33-34H,31-32H2,1-4H3. The van der Waals surface area contributed by atoms with Crippen LogP contribution >= 0.6 is 11.3 Å². The summed E-state index contributed by atoms with van der Waals surface area (Å²) >= 11 is 1.85. The Morgan fingerprint density at radius 1 is 0.419 bits per heavy atom. The molecule has 8 aromatic carbocycles. The second kappa shape index (κ2) is 13.8. The summed E-state index contributed by atoms with van der Waals surface area (Å²) in [5, 5.41) is 7.42. The van der Waals surface area contributed by atoms with E-state index in [1.165, 1.54) is 77.1 Å². The normalized spacial score (nSPS) is 14.6. The fourth-order valence-electron chi connectivity index (χ4n) is 10.1. The van der Waals surface area contributed by atoms with E-state index in [0.29, 0.717) is 17.5 Å². The molecule has 62 heavy (non-hydrogen) atoms. The van der Waals surface area contributed by atoms with Gasteiger partial charge in [-0.15, -0.1) is 11.3 Å². The zero-order valence-electron chi connectivity index (χ0n) is 35.3. The predicted octanol–water partition coefficient (Wildman–Crippen LogP) is 15.5. The number of benzene rings is 8. The Hall–Kier alpha value is -6.95. The molecule has 0 atom stereocenters. The molecule has 0 aliphatic heterocycles. The van der Waals surface area contributed by atoms with Crippen LogP contribution in [0.5, 0.6) is 0 Å². The lowest BCUT2D eigenvalue weighted by atomic mass is 9.63. The zero-order valence-corrected chi connectivity index (χ0v) is 36.1. The smallest absolute Gasteiger partial charge is 0.164 e. The molecule has 5 heteroatoms. The molecular weight excluding hydrogens is 773 g/mol. The summed E-state index contributed by atoms with van der Waals surface area (Å²) in [6.45, 7) is 9.66. The van der Waals surface area contributed by atoms with Gasteiger partial charge in [-0.2, -0.15) is 0 Å². The first kappa shape index (κ1) is 36.9. The Bertz CT molecular complexity index is 3570. The molecule has 0 unspecified atom stereocenters. The minimum Gasteiger partial charge on any atom is -0.309 e. The molecule has 4 nitrogen and oxygen atoms in total. The van der Waals surface area contributed by atoms with Gasteiger partial charge in [-0.3, -0.25) is 0 Å². The highest BCUT2D eigenvalue weighted by molar-refractivity contribution is 7.25. The van der Waals surface area contributed by atoms with E-state index in [4.69, 9.17) is 15.0 Å². The second-order valence-electron chi connectivity index (χ2n) is 18.2. The third kappa shape index (κ3) is 5.75. The van der Waals surface area contributed by atoms with Crippen molar-refractivity contribution in [3.05, 3.63) is 181 Å². The van der Waals surface area contributed by atoms with Crippen LogP contribution in [0.4, 0.5) is 0 Å². The van der Waals surface area contributed by atoms with E-state index in [-0.39, 0.29) is 10.8 Å². The Kier molecular flexibility index (Phi) is 8.20. The van der Waals surface area contributed by atoms with Crippen molar-refractivity contribution >= 4 is 64.1 Å². The van der Waals surface area contributed by atoms with Gasteiger partial charge in [-0.25, -0.2) is 15.0 Å². The molecule has 0 saturated carbocycles. The Morgan fingerprint density at radius 3 is 1.76 bits per heavy atom. The van der Waals surface area contributed by atoms with Crippen LogP contribution in [0.1, 0.15) is 51.7 Å². The summed E-state index contributed by atoms with van der Waals surface area (Å²) in [6, 6.07) is 61.4. The molecule has 1 aliphatic carbocycles. The molecule has 1 aliphatic rings. The summed E-state index contributed by atoms with van der Waals surface area (Å²) in [6.07, 6.45) is 2.35. The highest BCUT2D eigenvalue weighted by Crippen LogP contribution is 2.49. The third-order valence-electron chi connectivity index (χ3n) is 13.6. The van der Waals surface area contributed by atoms with Gasteiger partial charge in [-0.05, 0) is 93.8 Å². The number of hydrogen-bond acceptors (Lipinski definition) is 4. The molecule has 0 N–H and O–H groups in total. The van der Waals surface area contributed by atoms with E-state index in [0.717, 1.165) is 33.2 Å². The van der Waals surface area contributed by atoms with Crippen molar-refractivity contribution in [1.82, 2.24) is 19.5 Å². The minimum atomic E-state index is 0.0897. The number of hydrogen-bond donors (Lipinski definition) is 0. The van der Waals surface area contributed by atoms with Crippen molar-refractivity contribution < 1.29 is 0 Å². The maximum absolute atomic E-state index is 5.28. The zero-order chi connectivity index (χ0) is 41.7. The van der Waals surface area contributed by atoms with Gasteiger partial charge in [0.05, 0.1) is 16.7 Å². The van der Waals surface area contributed by atoms with Crippen LogP contribution in [-0.4, -0.2) is 19.5 Å². The number of para-hydroxylation sites is 1. The minimum absolute atomic E-state index is 0.0897. The van der Waals surface area contributed by atoms with Gasteiger partial charge < -0.3 is 4.57 Å². The molecule has 0 bridgehead atoms. The first-order chi connectivity index (χ1) is 30.2. The fraction of sp³-hybridized carbons (Fsp3) is 0.140.